The van der Waals surface area contributed by atoms with Gasteiger partial charge in [-0.2, -0.15) is 13.2 Å². The first-order chi connectivity index (χ1) is 10.8. The third-order valence-corrected chi connectivity index (χ3v) is 4.92. The Morgan fingerprint density at radius 1 is 1.46 bits per heavy atom. The zero-order chi connectivity index (χ0) is 18.9. The largest absolute Gasteiger partial charge is 0.490 e. The van der Waals surface area contributed by atoms with Crippen molar-refractivity contribution in [1.82, 2.24) is 4.90 Å². The summed E-state index contributed by atoms with van der Waals surface area (Å²) in [6.07, 6.45) is -3.80. The molecule has 0 aliphatic carbocycles. The minimum Gasteiger partial charge on any atom is -0.475 e. The summed E-state index contributed by atoms with van der Waals surface area (Å²) in [4.78, 5) is 34.1. The molecule has 0 radical (unpaired) electrons. The molecule has 2 aliphatic rings. The molecule has 0 aromatic rings. The van der Waals surface area contributed by atoms with Gasteiger partial charge in [-0.15, -0.1) is 11.8 Å². The van der Waals surface area contributed by atoms with E-state index in [1.165, 1.54) is 0 Å². The molecule has 0 aromatic heterocycles. The van der Waals surface area contributed by atoms with Gasteiger partial charge < -0.3 is 21.5 Å². The number of carbonyl (C=O) groups excluding carboxylic acids is 2. The molecule has 2 fully saturated rings. The molecule has 24 heavy (non-hydrogen) atoms. The van der Waals surface area contributed by atoms with Crippen LogP contribution in [0.25, 0.3) is 0 Å². The van der Waals surface area contributed by atoms with Crippen LogP contribution in [0, 0.1) is 5.92 Å². The smallest absolute Gasteiger partial charge is 0.475 e. The van der Waals surface area contributed by atoms with Crippen LogP contribution >= 0.6 is 11.8 Å². The Labute approximate surface area is 140 Å². The SMILES string of the molecule is CC(C)C[C@@]1(N)CC2SC[C@@H](C(N)=O)N2C1=O.O=C(O)C(F)(F)F. The number of primary amides is 1. The molecule has 11 heteroatoms. The lowest BCUT2D eigenvalue weighted by atomic mass is 9.88. The van der Waals surface area contributed by atoms with E-state index < -0.39 is 29.6 Å². The third kappa shape index (κ3) is 4.53. The van der Waals surface area contributed by atoms with Gasteiger partial charge in [-0.1, -0.05) is 13.8 Å². The predicted octanol–water partition coefficient (Wildman–Crippen LogP) is 0.522. The molecule has 0 saturated carbocycles. The highest BCUT2D eigenvalue weighted by molar-refractivity contribution is 8.00. The van der Waals surface area contributed by atoms with Crippen LogP contribution in [-0.4, -0.2) is 56.7 Å². The maximum Gasteiger partial charge on any atom is 0.490 e. The van der Waals surface area contributed by atoms with Crippen molar-refractivity contribution in [1.29, 1.82) is 0 Å². The van der Waals surface area contributed by atoms with Crippen molar-refractivity contribution in [2.75, 3.05) is 5.75 Å². The average molecular weight is 371 g/mol. The maximum atomic E-state index is 12.3. The predicted molar refractivity (Wildman–Crippen MR) is 80.8 cm³/mol. The molecular weight excluding hydrogens is 351 g/mol. The topological polar surface area (TPSA) is 127 Å². The number of carboxylic acid groups (broad SMARTS) is 1. The van der Waals surface area contributed by atoms with Crippen molar-refractivity contribution in [3.8, 4) is 0 Å². The molecule has 7 nitrogen and oxygen atoms in total. The van der Waals surface area contributed by atoms with E-state index in [2.05, 4.69) is 0 Å². The summed E-state index contributed by atoms with van der Waals surface area (Å²) >= 11 is 1.61. The van der Waals surface area contributed by atoms with Crippen molar-refractivity contribution in [2.45, 2.75) is 49.8 Å². The molecular formula is C13H20F3N3O4S. The number of carboxylic acids is 1. The number of amides is 2. The summed E-state index contributed by atoms with van der Waals surface area (Å²) in [5.41, 5.74) is 10.7. The normalized spacial score (nSPS) is 29.3. The zero-order valence-corrected chi connectivity index (χ0v) is 14.0. The Kier molecular flexibility index (Phi) is 6.15. The number of carbonyl (C=O) groups is 3. The number of rotatable bonds is 3. The van der Waals surface area contributed by atoms with Gasteiger partial charge in [-0.05, 0) is 12.3 Å². The van der Waals surface area contributed by atoms with Gasteiger partial charge >= 0.3 is 12.1 Å². The van der Waals surface area contributed by atoms with E-state index in [1.807, 2.05) is 13.8 Å². The average Bonchev–Trinajstić information content (AvgIpc) is 2.88. The Morgan fingerprint density at radius 3 is 2.33 bits per heavy atom. The van der Waals surface area contributed by atoms with Crippen LogP contribution in [0.3, 0.4) is 0 Å². The molecule has 2 rings (SSSR count). The van der Waals surface area contributed by atoms with E-state index in [1.54, 1.807) is 16.7 Å². The van der Waals surface area contributed by atoms with Crippen molar-refractivity contribution in [3.05, 3.63) is 0 Å². The molecule has 2 saturated heterocycles. The van der Waals surface area contributed by atoms with E-state index in [-0.39, 0.29) is 11.3 Å². The van der Waals surface area contributed by atoms with Crippen LogP contribution in [0.15, 0.2) is 0 Å². The molecule has 138 valence electrons. The number of thioether (sulfide) groups is 1. The number of hydrogen-bond donors (Lipinski definition) is 3. The fraction of sp³-hybridized carbons (Fsp3) is 0.769. The van der Waals surface area contributed by atoms with Gasteiger partial charge in [0.1, 0.15) is 6.04 Å². The summed E-state index contributed by atoms with van der Waals surface area (Å²) in [6, 6.07) is -0.477. The Bertz CT molecular complexity index is 529. The minimum atomic E-state index is -5.08. The highest BCUT2D eigenvalue weighted by Gasteiger charge is 2.55. The number of nitrogens with two attached hydrogens (primary N) is 2. The minimum absolute atomic E-state index is 0.0312. The second kappa shape index (κ2) is 7.18. The summed E-state index contributed by atoms with van der Waals surface area (Å²) < 4.78 is 31.7. The van der Waals surface area contributed by atoms with Gasteiger partial charge in [0.15, 0.2) is 0 Å². The van der Waals surface area contributed by atoms with Gasteiger partial charge in [0, 0.05) is 12.2 Å². The van der Waals surface area contributed by atoms with Crippen LogP contribution < -0.4 is 11.5 Å². The lowest BCUT2D eigenvalue weighted by Crippen LogP contribution is -2.53. The molecule has 5 N–H and O–H groups in total. The molecule has 0 spiro atoms. The molecule has 2 amide bonds. The van der Waals surface area contributed by atoms with E-state index in [4.69, 9.17) is 21.4 Å². The number of fused-ring (bicyclic) bond motifs is 1. The van der Waals surface area contributed by atoms with Crippen molar-refractivity contribution in [3.63, 3.8) is 0 Å². The lowest BCUT2D eigenvalue weighted by Gasteiger charge is -2.26. The zero-order valence-electron chi connectivity index (χ0n) is 13.2. The Hall–Kier alpha value is -1.49. The van der Waals surface area contributed by atoms with Crippen LogP contribution in [0.1, 0.15) is 26.7 Å². The standard InChI is InChI=1S/C11H19N3O2S.C2HF3O2/c1-6(2)3-11(13)4-8-14(10(11)16)7(5-17-8)9(12)15;3-2(4,5)1(6)7/h6-8H,3-5,13H2,1-2H3,(H2,12,15);(H,6,7)/t7-,8?,11+;/m0./s1. The maximum absolute atomic E-state index is 12.3. The van der Waals surface area contributed by atoms with Crippen LogP contribution in [0.2, 0.25) is 0 Å². The van der Waals surface area contributed by atoms with Gasteiger partial charge in [-0.25, -0.2) is 4.79 Å². The van der Waals surface area contributed by atoms with Gasteiger partial charge in [0.2, 0.25) is 11.8 Å². The highest BCUT2D eigenvalue weighted by atomic mass is 32.2. The number of aliphatic carboxylic acids is 1. The van der Waals surface area contributed by atoms with Crippen molar-refractivity contribution in [2.24, 2.45) is 17.4 Å². The quantitative estimate of drug-likeness (QED) is 0.664. The molecule has 0 bridgehead atoms. The molecule has 2 heterocycles. The highest BCUT2D eigenvalue weighted by Crippen LogP contribution is 2.43. The van der Waals surface area contributed by atoms with E-state index in [9.17, 15) is 22.8 Å². The van der Waals surface area contributed by atoms with Crippen molar-refractivity contribution < 1.29 is 32.7 Å². The summed E-state index contributed by atoms with van der Waals surface area (Å²) in [6.45, 7) is 4.09. The molecule has 1 unspecified atom stereocenters. The molecule has 0 aromatic carbocycles. The first-order valence-corrected chi connectivity index (χ1v) is 8.17. The lowest BCUT2D eigenvalue weighted by molar-refractivity contribution is -0.192. The van der Waals surface area contributed by atoms with Gasteiger partial charge in [0.05, 0.1) is 10.9 Å². The summed E-state index contributed by atoms with van der Waals surface area (Å²) in [5, 5.41) is 7.16. The number of hydrogen-bond acceptors (Lipinski definition) is 5. The number of alkyl halides is 3. The fourth-order valence-corrected chi connectivity index (χ4v) is 4.32. The van der Waals surface area contributed by atoms with Crippen molar-refractivity contribution >= 4 is 29.5 Å². The van der Waals surface area contributed by atoms with E-state index in [0.29, 0.717) is 24.5 Å². The fourth-order valence-electron chi connectivity index (χ4n) is 2.77. The van der Waals surface area contributed by atoms with Crippen LogP contribution in [-0.2, 0) is 14.4 Å². The van der Waals surface area contributed by atoms with Crippen LogP contribution in [0.4, 0.5) is 13.2 Å². The third-order valence-electron chi connectivity index (χ3n) is 3.64. The van der Waals surface area contributed by atoms with Gasteiger partial charge in [-0.3, -0.25) is 9.59 Å². The second-order valence-electron chi connectivity index (χ2n) is 6.18. The Balaban J connectivity index is 0.000000351. The van der Waals surface area contributed by atoms with E-state index >= 15 is 0 Å². The first-order valence-electron chi connectivity index (χ1n) is 7.12. The summed E-state index contributed by atoms with van der Waals surface area (Å²) in [7, 11) is 0. The monoisotopic (exact) mass is 371 g/mol. The molecule has 2 aliphatic heterocycles. The number of nitrogens with zero attached hydrogens (tertiary/aromatic N) is 1. The summed E-state index contributed by atoms with van der Waals surface area (Å²) in [5.74, 6) is -2.33. The second-order valence-corrected chi connectivity index (χ2v) is 7.39. The van der Waals surface area contributed by atoms with Crippen LogP contribution in [0.5, 0.6) is 0 Å². The number of halogens is 3. The molecule has 3 atom stereocenters. The first kappa shape index (κ1) is 20.6. The van der Waals surface area contributed by atoms with Gasteiger partial charge in [0.25, 0.3) is 0 Å². The van der Waals surface area contributed by atoms with E-state index in [0.717, 1.165) is 0 Å². The Morgan fingerprint density at radius 2 is 1.96 bits per heavy atom.